The van der Waals surface area contributed by atoms with E-state index in [1.807, 2.05) is 38.2 Å². The number of oxime groups is 1. The average molecular weight is 312 g/mol. The number of fused-ring (bicyclic) bond motifs is 1. The van der Waals surface area contributed by atoms with Crippen LogP contribution in [0.15, 0.2) is 29.6 Å². The van der Waals surface area contributed by atoms with Crippen molar-refractivity contribution in [1.82, 2.24) is 9.38 Å². The van der Waals surface area contributed by atoms with Crippen LogP contribution in [0.2, 0.25) is 5.15 Å². The molecule has 2 aromatic rings. The van der Waals surface area contributed by atoms with Crippen LogP contribution in [-0.4, -0.2) is 46.1 Å². The van der Waals surface area contributed by atoms with Crippen LogP contribution in [0.1, 0.15) is 19.5 Å². The van der Waals surface area contributed by atoms with E-state index in [-0.39, 0.29) is 19.3 Å². The number of rotatable bonds is 7. The summed E-state index contributed by atoms with van der Waals surface area (Å²) in [4.78, 5) is 9.23. The Morgan fingerprint density at radius 3 is 3.00 bits per heavy atom. The summed E-state index contributed by atoms with van der Waals surface area (Å²) in [7, 11) is 0. The van der Waals surface area contributed by atoms with Gasteiger partial charge in [-0.15, -0.1) is 0 Å². The van der Waals surface area contributed by atoms with E-state index in [4.69, 9.17) is 21.2 Å². The van der Waals surface area contributed by atoms with Gasteiger partial charge in [-0.1, -0.05) is 22.8 Å². The van der Waals surface area contributed by atoms with Crippen molar-refractivity contribution in [3.05, 3.63) is 35.2 Å². The van der Waals surface area contributed by atoms with Gasteiger partial charge in [-0.2, -0.15) is 0 Å². The van der Waals surface area contributed by atoms with E-state index >= 15 is 0 Å². The Hall–Kier alpha value is -1.63. The van der Waals surface area contributed by atoms with Gasteiger partial charge in [-0.25, -0.2) is 4.98 Å². The summed E-state index contributed by atoms with van der Waals surface area (Å²) in [6.45, 7) is 4.07. The van der Waals surface area contributed by atoms with Gasteiger partial charge in [-0.3, -0.25) is 4.40 Å². The van der Waals surface area contributed by atoms with E-state index in [1.165, 1.54) is 6.21 Å². The second-order valence-electron chi connectivity index (χ2n) is 4.78. The minimum atomic E-state index is -0.720. The summed E-state index contributed by atoms with van der Waals surface area (Å²) in [5.41, 5.74) is 1.36. The van der Waals surface area contributed by atoms with E-state index in [1.54, 1.807) is 4.40 Å². The Kier molecular flexibility index (Phi) is 5.55. The number of aromatic nitrogens is 2. The van der Waals surface area contributed by atoms with E-state index in [0.29, 0.717) is 10.8 Å². The van der Waals surface area contributed by atoms with E-state index < -0.39 is 6.10 Å². The molecule has 1 atom stereocenters. The molecule has 0 aromatic carbocycles. The molecule has 0 spiro atoms. The largest absolute Gasteiger partial charge is 0.393 e. The molecule has 2 rings (SSSR count). The Balaban J connectivity index is 1.90. The molecule has 0 aliphatic rings. The summed E-state index contributed by atoms with van der Waals surface area (Å²) in [6.07, 6.45) is 2.65. The molecule has 1 unspecified atom stereocenters. The van der Waals surface area contributed by atoms with Gasteiger partial charge in [-0.05, 0) is 26.0 Å². The first-order valence-corrected chi connectivity index (χ1v) is 7.03. The van der Waals surface area contributed by atoms with Gasteiger partial charge in [0.05, 0.1) is 18.9 Å². The highest BCUT2D eigenvalue weighted by atomic mass is 35.5. The Morgan fingerprint density at radius 2 is 2.24 bits per heavy atom. The first-order valence-electron chi connectivity index (χ1n) is 6.65. The third kappa shape index (κ3) is 4.42. The molecule has 7 heteroatoms. The van der Waals surface area contributed by atoms with Crippen LogP contribution in [0.5, 0.6) is 0 Å². The molecular weight excluding hydrogens is 294 g/mol. The maximum atomic E-state index is 9.61. The second kappa shape index (κ2) is 7.40. The first-order chi connectivity index (χ1) is 10.1. The topological polar surface area (TPSA) is 68.3 Å². The number of pyridine rings is 1. The summed E-state index contributed by atoms with van der Waals surface area (Å²) >= 11 is 6.05. The molecule has 6 nitrogen and oxygen atoms in total. The Morgan fingerprint density at radius 1 is 1.43 bits per heavy atom. The minimum Gasteiger partial charge on any atom is -0.393 e. The van der Waals surface area contributed by atoms with Crippen molar-refractivity contribution in [3.63, 3.8) is 0 Å². The molecule has 114 valence electrons. The number of aliphatic hydroxyl groups excluding tert-OH is 1. The van der Waals surface area contributed by atoms with Crippen LogP contribution >= 0.6 is 11.6 Å². The highest BCUT2D eigenvalue weighted by molar-refractivity contribution is 6.32. The van der Waals surface area contributed by atoms with Gasteiger partial charge in [0.25, 0.3) is 0 Å². The van der Waals surface area contributed by atoms with Gasteiger partial charge in [0, 0.05) is 6.20 Å². The number of halogens is 1. The van der Waals surface area contributed by atoms with Crippen LogP contribution in [0.3, 0.4) is 0 Å². The second-order valence-corrected chi connectivity index (χ2v) is 5.14. The van der Waals surface area contributed by atoms with Crippen LogP contribution in [0.4, 0.5) is 0 Å². The molecule has 0 radical (unpaired) electrons. The lowest BCUT2D eigenvalue weighted by molar-refractivity contribution is -0.0343. The highest BCUT2D eigenvalue weighted by Crippen LogP contribution is 2.15. The highest BCUT2D eigenvalue weighted by Gasteiger charge is 2.08. The van der Waals surface area contributed by atoms with Crippen molar-refractivity contribution in [3.8, 4) is 0 Å². The Labute approximate surface area is 127 Å². The Bertz CT molecular complexity index is 613. The van der Waals surface area contributed by atoms with Gasteiger partial charge in [0.15, 0.2) is 5.15 Å². The molecule has 0 saturated carbocycles. The minimum absolute atomic E-state index is 0.0532. The average Bonchev–Trinajstić information content (AvgIpc) is 2.77. The lowest BCUT2D eigenvalue weighted by atomic mass is 10.4. The smallest absolute Gasteiger partial charge is 0.157 e. The van der Waals surface area contributed by atoms with Crippen molar-refractivity contribution >= 4 is 23.5 Å². The molecule has 0 fully saturated rings. The van der Waals surface area contributed by atoms with Crippen LogP contribution in [0, 0.1) is 0 Å². The SMILES string of the molecule is CC(C)OCC(O)CO/N=C/c1c(Cl)nc2ccccn12. The van der Waals surface area contributed by atoms with Crippen molar-refractivity contribution in [2.45, 2.75) is 26.1 Å². The zero-order chi connectivity index (χ0) is 15.2. The lowest BCUT2D eigenvalue weighted by Gasteiger charge is -2.11. The summed E-state index contributed by atoms with van der Waals surface area (Å²) < 4.78 is 7.07. The molecule has 0 amide bonds. The maximum Gasteiger partial charge on any atom is 0.157 e. The van der Waals surface area contributed by atoms with E-state index in [0.717, 1.165) is 5.65 Å². The number of aliphatic hydroxyl groups is 1. The summed E-state index contributed by atoms with van der Waals surface area (Å²) in [6, 6.07) is 5.59. The molecule has 0 bridgehead atoms. The third-order valence-corrected chi connectivity index (χ3v) is 2.94. The summed E-state index contributed by atoms with van der Waals surface area (Å²) in [5.74, 6) is 0. The van der Waals surface area contributed by atoms with Crippen LogP contribution < -0.4 is 0 Å². The standard InChI is InChI=1S/C14H18ClN3O3/c1-10(2)20-8-11(19)9-21-16-7-12-14(15)17-13-5-3-4-6-18(12)13/h3-7,10-11,19H,8-9H2,1-2H3/b16-7+. The van der Waals surface area contributed by atoms with Gasteiger partial charge < -0.3 is 14.7 Å². The zero-order valence-electron chi connectivity index (χ0n) is 11.9. The predicted molar refractivity (Wildman–Crippen MR) is 80.8 cm³/mol. The summed E-state index contributed by atoms with van der Waals surface area (Å²) in [5, 5.41) is 13.8. The fourth-order valence-electron chi connectivity index (χ4n) is 1.67. The molecule has 0 aliphatic heterocycles. The van der Waals surface area contributed by atoms with Crippen molar-refractivity contribution in [1.29, 1.82) is 0 Å². The first kappa shape index (κ1) is 15.8. The van der Waals surface area contributed by atoms with Crippen molar-refractivity contribution in [2.75, 3.05) is 13.2 Å². The molecule has 2 heterocycles. The number of imidazole rings is 1. The van der Waals surface area contributed by atoms with Crippen LogP contribution in [0.25, 0.3) is 5.65 Å². The molecule has 0 aliphatic carbocycles. The number of nitrogens with zero attached hydrogens (tertiary/aromatic N) is 3. The number of hydrogen-bond acceptors (Lipinski definition) is 5. The van der Waals surface area contributed by atoms with Crippen molar-refractivity contribution in [2.24, 2.45) is 5.16 Å². The van der Waals surface area contributed by atoms with E-state index in [9.17, 15) is 5.11 Å². The molecular formula is C14H18ClN3O3. The quantitative estimate of drug-likeness (QED) is 0.628. The van der Waals surface area contributed by atoms with Gasteiger partial charge >= 0.3 is 0 Å². The maximum absolute atomic E-state index is 9.61. The van der Waals surface area contributed by atoms with Gasteiger partial charge in [0.2, 0.25) is 0 Å². The number of hydrogen-bond donors (Lipinski definition) is 1. The molecule has 21 heavy (non-hydrogen) atoms. The fraction of sp³-hybridized carbons (Fsp3) is 0.429. The lowest BCUT2D eigenvalue weighted by Crippen LogP contribution is -2.22. The zero-order valence-corrected chi connectivity index (χ0v) is 12.7. The van der Waals surface area contributed by atoms with Crippen molar-refractivity contribution < 1.29 is 14.7 Å². The predicted octanol–water partition coefficient (Wildman–Crippen LogP) is 2.12. The number of ether oxygens (including phenoxy) is 1. The van der Waals surface area contributed by atoms with Gasteiger partial charge in [0.1, 0.15) is 24.1 Å². The van der Waals surface area contributed by atoms with E-state index in [2.05, 4.69) is 10.1 Å². The molecule has 2 aromatic heterocycles. The normalized spacial score (nSPS) is 13.4. The molecule has 1 N–H and O–H groups in total. The monoisotopic (exact) mass is 311 g/mol. The fourth-order valence-corrected chi connectivity index (χ4v) is 1.90. The molecule has 0 saturated heterocycles. The third-order valence-electron chi connectivity index (χ3n) is 2.66. The van der Waals surface area contributed by atoms with Crippen LogP contribution in [-0.2, 0) is 9.57 Å².